The molecule has 0 aromatic carbocycles. The number of hydrogen-bond donors (Lipinski definition) is 4. The lowest BCUT2D eigenvalue weighted by molar-refractivity contribution is 0.0877. The molecule has 4 heteroatoms. The van der Waals surface area contributed by atoms with E-state index < -0.39 is 6.10 Å². The zero-order valence-electron chi connectivity index (χ0n) is 8.32. The molecule has 0 fully saturated rings. The molecule has 0 aromatic rings. The van der Waals surface area contributed by atoms with Crippen molar-refractivity contribution < 1.29 is 20.4 Å². The van der Waals surface area contributed by atoms with Crippen LogP contribution in [-0.2, 0) is 0 Å². The normalized spacial score (nSPS) is 11.8. The van der Waals surface area contributed by atoms with E-state index in [0.29, 0.717) is 6.42 Å². The van der Waals surface area contributed by atoms with Crippen LogP contribution in [0.25, 0.3) is 0 Å². The Kier molecular flexibility index (Phi) is 16.9. The lowest BCUT2D eigenvalue weighted by Gasteiger charge is -2.01. The Hall–Kier alpha value is -0.160. The van der Waals surface area contributed by atoms with Crippen LogP contribution in [0.15, 0.2) is 0 Å². The molecule has 4 N–H and O–H groups in total. The predicted octanol–water partition coefficient (Wildman–Crippen LogP) is -0.109. The van der Waals surface area contributed by atoms with Crippen molar-refractivity contribution in [2.45, 2.75) is 38.7 Å². The summed E-state index contributed by atoms with van der Waals surface area (Å²) >= 11 is 0. The Morgan fingerprint density at radius 1 is 1.00 bits per heavy atom. The molecule has 0 aliphatic carbocycles. The van der Waals surface area contributed by atoms with Crippen molar-refractivity contribution in [1.82, 2.24) is 0 Å². The Balaban J connectivity index is 0. The summed E-state index contributed by atoms with van der Waals surface area (Å²) < 4.78 is 0. The maximum Gasteiger partial charge on any atom is 0.0770 e. The fraction of sp³-hybridized carbons (Fsp3) is 1.00. The van der Waals surface area contributed by atoms with Crippen molar-refractivity contribution in [1.29, 1.82) is 0 Å². The number of rotatable bonds is 6. The minimum absolute atomic E-state index is 0.103. The zero-order valence-corrected chi connectivity index (χ0v) is 8.32. The molecule has 0 rings (SSSR count). The van der Waals surface area contributed by atoms with Crippen molar-refractivity contribution in [2.24, 2.45) is 0 Å². The molecule has 0 bridgehead atoms. The number of hydrogen-bond acceptors (Lipinski definition) is 4. The average Bonchev–Trinajstić information content (AvgIpc) is 2.16. The molecule has 0 heterocycles. The second kappa shape index (κ2) is 14.4. The van der Waals surface area contributed by atoms with Gasteiger partial charge < -0.3 is 20.4 Å². The summed E-state index contributed by atoms with van der Waals surface area (Å²) in [5.74, 6) is 0. The Bertz CT molecular complexity index is 74.0. The lowest BCUT2D eigenvalue weighted by Crippen LogP contribution is -2.10. The third kappa shape index (κ3) is 18.7. The van der Waals surface area contributed by atoms with Gasteiger partial charge in [-0.05, 0) is 19.3 Å². The Morgan fingerprint density at radius 2 is 1.46 bits per heavy atom. The van der Waals surface area contributed by atoms with E-state index in [1.807, 2.05) is 6.92 Å². The van der Waals surface area contributed by atoms with Gasteiger partial charge in [-0.1, -0.05) is 13.3 Å². The molecule has 0 aliphatic heterocycles. The van der Waals surface area contributed by atoms with Crippen LogP contribution in [0.1, 0.15) is 32.6 Å². The van der Waals surface area contributed by atoms with Gasteiger partial charge in [0.15, 0.2) is 0 Å². The monoisotopic (exact) mass is 194 g/mol. The summed E-state index contributed by atoms with van der Waals surface area (Å²) in [6.45, 7) is 2.26. The van der Waals surface area contributed by atoms with Crippen molar-refractivity contribution >= 4 is 0 Å². The van der Waals surface area contributed by atoms with E-state index in [1.165, 1.54) is 0 Å². The zero-order chi connectivity index (χ0) is 10.5. The van der Waals surface area contributed by atoms with Gasteiger partial charge in [0.2, 0.25) is 0 Å². The maximum atomic E-state index is 8.61. The average molecular weight is 194 g/mol. The first-order chi connectivity index (χ1) is 6.22. The summed E-state index contributed by atoms with van der Waals surface area (Å²) in [6.07, 6.45) is 2.58. The van der Waals surface area contributed by atoms with E-state index in [-0.39, 0.29) is 19.8 Å². The molecule has 1 atom stereocenters. The van der Waals surface area contributed by atoms with Gasteiger partial charge in [-0.25, -0.2) is 0 Å². The van der Waals surface area contributed by atoms with Crippen LogP contribution in [0.2, 0.25) is 0 Å². The molecule has 0 saturated heterocycles. The lowest BCUT2D eigenvalue weighted by atomic mass is 10.2. The summed E-state index contributed by atoms with van der Waals surface area (Å²) in [7, 11) is 0. The first kappa shape index (κ1) is 15.3. The molecule has 0 saturated carbocycles. The van der Waals surface area contributed by atoms with Crippen molar-refractivity contribution in [3.8, 4) is 0 Å². The Labute approximate surface area is 79.8 Å². The molecule has 0 amide bonds. The summed E-state index contributed by atoms with van der Waals surface area (Å²) in [6, 6.07) is 0. The molecule has 82 valence electrons. The van der Waals surface area contributed by atoms with Crippen molar-refractivity contribution in [3.63, 3.8) is 0 Å². The quantitative estimate of drug-likeness (QED) is 0.445. The first-order valence-electron chi connectivity index (χ1n) is 4.73. The molecular weight excluding hydrogens is 172 g/mol. The maximum absolute atomic E-state index is 8.61. The molecule has 0 aromatic heterocycles. The minimum atomic E-state index is -0.495. The number of aliphatic hydroxyl groups is 4. The van der Waals surface area contributed by atoms with E-state index in [4.69, 9.17) is 20.4 Å². The van der Waals surface area contributed by atoms with Gasteiger partial charge in [-0.2, -0.15) is 0 Å². The van der Waals surface area contributed by atoms with E-state index >= 15 is 0 Å². The van der Waals surface area contributed by atoms with Gasteiger partial charge in [-0.3, -0.25) is 0 Å². The van der Waals surface area contributed by atoms with Crippen molar-refractivity contribution in [3.05, 3.63) is 0 Å². The van der Waals surface area contributed by atoms with Gasteiger partial charge in [0.1, 0.15) is 0 Å². The van der Waals surface area contributed by atoms with Gasteiger partial charge in [0.05, 0.1) is 12.7 Å². The molecule has 0 aliphatic rings. The second-order valence-corrected chi connectivity index (χ2v) is 2.78. The molecule has 0 radical (unpaired) electrons. The third-order valence-electron chi connectivity index (χ3n) is 1.40. The van der Waals surface area contributed by atoms with Crippen LogP contribution in [0.5, 0.6) is 0 Å². The molecule has 13 heavy (non-hydrogen) atoms. The first-order valence-corrected chi connectivity index (χ1v) is 4.73. The summed E-state index contributed by atoms with van der Waals surface area (Å²) in [5, 5.41) is 33.0. The van der Waals surface area contributed by atoms with E-state index in [2.05, 4.69) is 0 Å². The molecule has 1 unspecified atom stereocenters. The highest BCUT2D eigenvalue weighted by molar-refractivity contribution is 4.48. The highest BCUT2D eigenvalue weighted by Crippen LogP contribution is 1.92. The van der Waals surface area contributed by atoms with Crippen LogP contribution >= 0.6 is 0 Å². The van der Waals surface area contributed by atoms with Crippen LogP contribution in [0.3, 0.4) is 0 Å². The summed E-state index contributed by atoms with van der Waals surface area (Å²) in [4.78, 5) is 0. The van der Waals surface area contributed by atoms with Gasteiger partial charge >= 0.3 is 0 Å². The van der Waals surface area contributed by atoms with Crippen LogP contribution in [0.4, 0.5) is 0 Å². The van der Waals surface area contributed by atoms with Gasteiger partial charge in [-0.15, -0.1) is 0 Å². The number of aliphatic hydroxyl groups excluding tert-OH is 4. The molecular formula is C9H22O4. The Morgan fingerprint density at radius 3 is 1.62 bits per heavy atom. The molecule has 0 spiro atoms. The topological polar surface area (TPSA) is 80.9 Å². The van der Waals surface area contributed by atoms with Crippen LogP contribution < -0.4 is 0 Å². The second-order valence-electron chi connectivity index (χ2n) is 2.78. The fourth-order valence-corrected chi connectivity index (χ4v) is 0.648. The van der Waals surface area contributed by atoms with Crippen LogP contribution in [0, 0.1) is 0 Å². The van der Waals surface area contributed by atoms with Gasteiger partial charge in [0, 0.05) is 13.2 Å². The third-order valence-corrected chi connectivity index (χ3v) is 1.40. The fourth-order valence-electron chi connectivity index (χ4n) is 0.648. The predicted molar refractivity (Wildman–Crippen MR) is 51.4 cm³/mol. The SMILES string of the molecule is CCCC(O)CO.OCCCCO. The van der Waals surface area contributed by atoms with E-state index in [9.17, 15) is 0 Å². The number of unbranched alkanes of at least 4 members (excludes halogenated alkanes) is 1. The van der Waals surface area contributed by atoms with Crippen molar-refractivity contribution in [2.75, 3.05) is 19.8 Å². The van der Waals surface area contributed by atoms with Gasteiger partial charge in [0.25, 0.3) is 0 Å². The largest absolute Gasteiger partial charge is 0.396 e. The highest BCUT2D eigenvalue weighted by Gasteiger charge is 1.95. The van der Waals surface area contributed by atoms with E-state index in [0.717, 1.165) is 19.3 Å². The standard InChI is InChI=1S/C5H12O2.C4H10O2/c1-2-3-5(7)4-6;5-3-1-2-4-6/h5-7H,2-4H2,1H3;5-6H,1-4H2. The van der Waals surface area contributed by atoms with E-state index in [1.54, 1.807) is 0 Å². The molecule has 4 nitrogen and oxygen atoms in total. The summed E-state index contributed by atoms with van der Waals surface area (Å²) in [5.41, 5.74) is 0. The smallest absolute Gasteiger partial charge is 0.0770 e. The highest BCUT2D eigenvalue weighted by atomic mass is 16.3. The van der Waals surface area contributed by atoms with Crippen LogP contribution in [-0.4, -0.2) is 46.4 Å². The minimum Gasteiger partial charge on any atom is -0.396 e.